The van der Waals surface area contributed by atoms with Crippen LogP contribution in [0.3, 0.4) is 0 Å². The summed E-state index contributed by atoms with van der Waals surface area (Å²) in [6.45, 7) is 3.55. The fourth-order valence-electron chi connectivity index (χ4n) is 2.89. The summed E-state index contributed by atoms with van der Waals surface area (Å²) in [7, 11) is 0. The highest BCUT2D eigenvalue weighted by molar-refractivity contribution is 5.81. The molecule has 1 aliphatic carbocycles. The fourth-order valence-corrected chi connectivity index (χ4v) is 2.89. The van der Waals surface area contributed by atoms with Gasteiger partial charge in [-0.3, -0.25) is 9.59 Å². The van der Waals surface area contributed by atoms with Gasteiger partial charge >= 0.3 is 0 Å². The Balaban J connectivity index is 1.77. The van der Waals surface area contributed by atoms with E-state index in [0.717, 1.165) is 50.2 Å². The van der Waals surface area contributed by atoms with Gasteiger partial charge < -0.3 is 9.88 Å². The van der Waals surface area contributed by atoms with Gasteiger partial charge in [0.1, 0.15) is 5.82 Å². The molecule has 5 heteroatoms. The van der Waals surface area contributed by atoms with Crippen molar-refractivity contribution in [2.45, 2.75) is 44.9 Å². The van der Waals surface area contributed by atoms with Crippen molar-refractivity contribution in [3.63, 3.8) is 0 Å². The largest absolute Gasteiger partial charge is 0.342 e. The first-order valence-electron chi connectivity index (χ1n) is 7.56. The molecule has 20 heavy (non-hydrogen) atoms. The summed E-state index contributed by atoms with van der Waals surface area (Å²) in [5.74, 6) is 1.49. The molecule has 1 aromatic rings. The minimum atomic E-state index is -0.0857. The first-order chi connectivity index (χ1) is 9.67. The smallest absolute Gasteiger partial charge is 0.251 e. The van der Waals surface area contributed by atoms with E-state index >= 15 is 0 Å². The quantitative estimate of drug-likeness (QED) is 0.908. The number of aromatic nitrogens is 2. The Morgan fingerprint density at radius 3 is 2.95 bits per heavy atom. The number of hydrogen-bond acceptors (Lipinski definition) is 3. The molecule has 2 fully saturated rings. The zero-order chi connectivity index (χ0) is 14.1. The molecule has 0 radical (unpaired) electrons. The van der Waals surface area contributed by atoms with Crippen molar-refractivity contribution in [1.82, 2.24) is 14.9 Å². The second-order valence-electron chi connectivity index (χ2n) is 5.87. The highest BCUT2D eigenvalue weighted by atomic mass is 16.2. The molecule has 1 aliphatic heterocycles. The van der Waals surface area contributed by atoms with Crippen molar-refractivity contribution >= 4 is 5.91 Å². The van der Waals surface area contributed by atoms with E-state index < -0.39 is 0 Å². The SMILES string of the molecule is CCc1cc(=O)[nH]c(C2CCCN(C(=O)C3CC3)C2)n1. The van der Waals surface area contributed by atoms with Gasteiger partial charge in [0.25, 0.3) is 5.56 Å². The Hall–Kier alpha value is -1.65. The second-order valence-corrected chi connectivity index (χ2v) is 5.87. The third-order valence-corrected chi connectivity index (χ3v) is 4.22. The van der Waals surface area contributed by atoms with Gasteiger partial charge in [-0.1, -0.05) is 6.92 Å². The van der Waals surface area contributed by atoms with Crippen LogP contribution in [0.5, 0.6) is 0 Å². The third kappa shape index (κ3) is 2.76. The van der Waals surface area contributed by atoms with E-state index in [1.54, 1.807) is 6.07 Å². The first kappa shape index (κ1) is 13.3. The van der Waals surface area contributed by atoms with Crippen molar-refractivity contribution in [2.24, 2.45) is 5.92 Å². The molecule has 1 N–H and O–H groups in total. The van der Waals surface area contributed by atoms with E-state index in [2.05, 4.69) is 9.97 Å². The number of hydrogen-bond donors (Lipinski definition) is 1. The molecular weight excluding hydrogens is 254 g/mol. The van der Waals surface area contributed by atoms with Crippen LogP contribution < -0.4 is 5.56 Å². The Bertz CT molecular complexity index is 562. The van der Waals surface area contributed by atoms with Crippen LogP contribution in [-0.2, 0) is 11.2 Å². The van der Waals surface area contributed by atoms with Crippen LogP contribution in [0.2, 0.25) is 0 Å². The lowest BCUT2D eigenvalue weighted by atomic mass is 9.96. The highest BCUT2D eigenvalue weighted by Crippen LogP contribution is 2.33. The topological polar surface area (TPSA) is 66.1 Å². The number of likely N-dealkylation sites (tertiary alicyclic amines) is 1. The molecule has 5 nitrogen and oxygen atoms in total. The van der Waals surface area contributed by atoms with Crippen molar-refractivity contribution < 1.29 is 4.79 Å². The summed E-state index contributed by atoms with van der Waals surface area (Å²) in [4.78, 5) is 33.2. The number of H-pyrrole nitrogens is 1. The van der Waals surface area contributed by atoms with Crippen molar-refractivity contribution in [3.8, 4) is 0 Å². The van der Waals surface area contributed by atoms with Gasteiger partial charge in [0.2, 0.25) is 5.91 Å². The molecule has 1 amide bonds. The fraction of sp³-hybridized carbons (Fsp3) is 0.667. The molecule has 108 valence electrons. The molecule has 3 rings (SSSR count). The Labute approximate surface area is 118 Å². The van der Waals surface area contributed by atoms with Gasteiger partial charge in [-0.15, -0.1) is 0 Å². The summed E-state index contributed by atoms with van der Waals surface area (Å²) in [5.41, 5.74) is 0.742. The molecule has 0 bridgehead atoms. The maximum atomic E-state index is 12.2. The second kappa shape index (κ2) is 5.38. The minimum Gasteiger partial charge on any atom is -0.342 e. The van der Waals surface area contributed by atoms with Gasteiger partial charge in [-0.25, -0.2) is 4.98 Å². The molecule has 0 aromatic carbocycles. The van der Waals surface area contributed by atoms with Crippen LogP contribution in [0.15, 0.2) is 10.9 Å². The Morgan fingerprint density at radius 2 is 2.25 bits per heavy atom. The van der Waals surface area contributed by atoms with Crippen LogP contribution in [-0.4, -0.2) is 33.9 Å². The maximum absolute atomic E-state index is 12.2. The normalized spacial score (nSPS) is 22.9. The number of carbonyl (C=O) groups excluding carboxylic acids is 1. The predicted molar refractivity (Wildman–Crippen MR) is 75.5 cm³/mol. The number of nitrogens with one attached hydrogen (secondary N) is 1. The van der Waals surface area contributed by atoms with Crippen molar-refractivity contribution in [2.75, 3.05) is 13.1 Å². The highest BCUT2D eigenvalue weighted by Gasteiger charge is 2.36. The molecule has 2 aliphatic rings. The molecular formula is C15H21N3O2. The standard InChI is InChI=1S/C15H21N3O2/c1-2-12-8-13(19)17-14(16-12)11-4-3-7-18(9-11)15(20)10-5-6-10/h8,10-11H,2-7,9H2,1H3,(H,16,17,19). The summed E-state index contributed by atoms with van der Waals surface area (Å²) in [6, 6.07) is 1.56. The summed E-state index contributed by atoms with van der Waals surface area (Å²) < 4.78 is 0. The number of rotatable bonds is 3. The van der Waals surface area contributed by atoms with Gasteiger partial charge in [0.05, 0.1) is 0 Å². The Kier molecular flexibility index (Phi) is 3.59. The number of piperidine rings is 1. The zero-order valence-corrected chi connectivity index (χ0v) is 11.9. The van der Waals surface area contributed by atoms with Gasteiger partial charge in [0, 0.05) is 36.7 Å². The van der Waals surface area contributed by atoms with E-state index in [1.807, 2.05) is 11.8 Å². The van der Waals surface area contributed by atoms with Crippen molar-refractivity contribution in [1.29, 1.82) is 0 Å². The van der Waals surface area contributed by atoms with Crippen LogP contribution in [0, 0.1) is 5.92 Å². The monoisotopic (exact) mass is 275 g/mol. The lowest BCUT2D eigenvalue weighted by Crippen LogP contribution is -2.40. The van der Waals surface area contributed by atoms with Gasteiger partial charge in [-0.2, -0.15) is 0 Å². The average molecular weight is 275 g/mol. The first-order valence-corrected chi connectivity index (χ1v) is 7.56. The maximum Gasteiger partial charge on any atom is 0.251 e. The molecule has 1 atom stereocenters. The van der Waals surface area contributed by atoms with E-state index in [0.29, 0.717) is 12.5 Å². The number of amides is 1. The van der Waals surface area contributed by atoms with E-state index in [9.17, 15) is 9.59 Å². The molecule has 1 saturated carbocycles. The van der Waals surface area contributed by atoms with E-state index in [1.165, 1.54) is 0 Å². The molecule has 1 aromatic heterocycles. The summed E-state index contributed by atoms with van der Waals surface area (Å²) in [5, 5.41) is 0. The number of aromatic amines is 1. The molecule has 1 unspecified atom stereocenters. The van der Waals surface area contributed by atoms with E-state index in [4.69, 9.17) is 0 Å². The van der Waals surface area contributed by atoms with Gasteiger partial charge in [0.15, 0.2) is 0 Å². The number of aryl methyl sites for hydroxylation is 1. The average Bonchev–Trinajstić information content (AvgIpc) is 3.30. The molecule has 1 saturated heterocycles. The molecule has 0 spiro atoms. The third-order valence-electron chi connectivity index (χ3n) is 4.22. The van der Waals surface area contributed by atoms with Crippen molar-refractivity contribution in [3.05, 3.63) is 27.9 Å². The predicted octanol–water partition coefficient (Wildman–Crippen LogP) is 1.45. The van der Waals surface area contributed by atoms with Crippen LogP contribution >= 0.6 is 0 Å². The number of carbonyl (C=O) groups is 1. The summed E-state index contributed by atoms with van der Waals surface area (Å²) in [6.07, 6.45) is 4.82. The lowest BCUT2D eigenvalue weighted by Gasteiger charge is -2.32. The minimum absolute atomic E-state index is 0.0857. The summed E-state index contributed by atoms with van der Waals surface area (Å²) >= 11 is 0. The molecule has 2 heterocycles. The van der Waals surface area contributed by atoms with Crippen LogP contribution in [0.25, 0.3) is 0 Å². The number of nitrogens with zero attached hydrogens (tertiary/aromatic N) is 2. The van der Waals surface area contributed by atoms with Gasteiger partial charge in [-0.05, 0) is 32.1 Å². The van der Waals surface area contributed by atoms with Crippen LogP contribution in [0.4, 0.5) is 0 Å². The van der Waals surface area contributed by atoms with Crippen LogP contribution in [0.1, 0.15) is 50.0 Å². The van der Waals surface area contributed by atoms with E-state index in [-0.39, 0.29) is 17.4 Å². The zero-order valence-electron chi connectivity index (χ0n) is 11.9. The lowest BCUT2D eigenvalue weighted by molar-refractivity contribution is -0.133. The Morgan fingerprint density at radius 1 is 1.45 bits per heavy atom.